The number of H-pyrrole nitrogens is 1. The maximum Gasteiger partial charge on any atom is 0.356 e. The second-order valence-corrected chi connectivity index (χ2v) is 3.12. The third kappa shape index (κ3) is 1.50. The molecule has 0 fully saturated rings. The molecule has 78 valence electrons. The van der Waals surface area contributed by atoms with Gasteiger partial charge in [-0.15, -0.1) is 0 Å². The molecule has 0 radical (unpaired) electrons. The number of nitrogens with one attached hydrogen (secondary N) is 1. The summed E-state index contributed by atoms with van der Waals surface area (Å²) in [6, 6.07) is -0.179. The van der Waals surface area contributed by atoms with Gasteiger partial charge in [-0.1, -0.05) is 6.92 Å². The van der Waals surface area contributed by atoms with E-state index >= 15 is 0 Å². The summed E-state index contributed by atoms with van der Waals surface area (Å²) in [5.74, 6) is -1.29. The SMILES string of the molecule is CCC(C)n1c(C(=O)O)c(N)[nH]c1=O. The van der Waals surface area contributed by atoms with Gasteiger partial charge in [0.15, 0.2) is 5.69 Å². The Kier molecular flexibility index (Phi) is 2.64. The molecule has 0 aliphatic carbocycles. The second kappa shape index (κ2) is 3.57. The topological polar surface area (TPSA) is 101 Å². The van der Waals surface area contributed by atoms with Crippen LogP contribution in [-0.2, 0) is 0 Å². The van der Waals surface area contributed by atoms with Crippen LogP contribution in [0.25, 0.3) is 0 Å². The van der Waals surface area contributed by atoms with E-state index in [1.807, 2.05) is 6.92 Å². The molecule has 1 atom stereocenters. The van der Waals surface area contributed by atoms with Crippen molar-refractivity contribution in [3.63, 3.8) is 0 Å². The molecule has 0 aromatic carbocycles. The number of aromatic carboxylic acids is 1. The van der Waals surface area contributed by atoms with Crippen LogP contribution in [0.4, 0.5) is 5.82 Å². The summed E-state index contributed by atoms with van der Waals surface area (Å²) in [5, 5.41) is 8.84. The van der Waals surface area contributed by atoms with Crippen LogP contribution in [0.15, 0.2) is 4.79 Å². The van der Waals surface area contributed by atoms with Crippen LogP contribution in [0.1, 0.15) is 36.8 Å². The van der Waals surface area contributed by atoms with E-state index in [-0.39, 0.29) is 17.6 Å². The Morgan fingerprint density at radius 3 is 2.71 bits per heavy atom. The number of carboxylic acid groups (broad SMARTS) is 1. The van der Waals surface area contributed by atoms with Gasteiger partial charge in [-0.25, -0.2) is 9.59 Å². The van der Waals surface area contributed by atoms with Crippen molar-refractivity contribution in [3.05, 3.63) is 16.2 Å². The molecule has 4 N–H and O–H groups in total. The molecule has 0 spiro atoms. The van der Waals surface area contributed by atoms with Gasteiger partial charge < -0.3 is 10.8 Å². The third-order valence-electron chi connectivity index (χ3n) is 2.19. The van der Waals surface area contributed by atoms with Gasteiger partial charge in [-0.05, 0) is 13.3 Å². The molecule has 14 heavy (non-hydrogen) atoms. The Balaban J connectivity index is 3.40. The fourth-order valence-corrected chi connectivity index (χ4v) is 1.29. The van der Waals surface area contributed by atoms with E-state index in [0.29, 0.717) is 6.42 Å². The first-order valence-corrected chi connectivity index (χ1v) is 4.32. The second-order valence-electron chi connectivity index (χ2n) is 3.12. The number of carboxylic acids is 1. The first kappa shape index (κ1) is 10.4. The average molecular weight is 199 g/mol. The lowest BCUT2D eigenvalue weighted by atomic mass is 10.2. The first-order chi connectivity index (χ1) is 6.49. The lowest BCUT2D eigenvalue weighted by Crippen LogP contribution is -2.23. The standard InChI is InChI=1S/C8H13N3O3/c1-3-4(2)11-5(7(12)13)6(9)10-8(11)14/h4H,3,9H2,1-2H3,(H,10,14)(H,12,13). The van der Waals surface area contributed by atoms with Crippen LogP contribution in [0.2, 0.25) is 0 Å². The van der Waals surface area contributed by atoms with E-state index in [4.69, 9.17) is 10.8 Å². The number of imidazole rings is 1. The van der Waals surface area contributed by atoms with Crippen molar-refractivity contribution >= 4 is 11.8 Å². The summed E-state index contributed by atoms with van der Waals surface area (Å²) in [6.07, 6.45) is 0.664. The predicted molar refractivity (Wildman–Crippen MR) is 51.4 cm³/mol. The van der Waals surface area contributed by atoms with Crippen LogP contribution in [-0.4, -0.2) is 20.6 Å². The summed E-state index contributed by atoms with van der Waals surface area (Å²) < 4.78 is 1.16. The quantitative estimate of drug-likeness (QED) is 0.656. The lowest BCUT2D eigenvalue weighted by Gasteiger charge is -2.10. The highest BCUT2D eigenvalue weighted by atomic mass is 16.4. The van der Waals surface area contributed by atoms with Crippen molar-refractivity contribution in [3.8, 4) is 0 Å². The summed E-state index contributed by atoms with van der Waals surface area (Å²) in [5.41, 5.74) is 4.74. The molecule has 1 aromatic rings. The van der Waals surface area contributed by atoms with Crippen LogP contribution in [0.5, 0.6) is 0 Å². The summed E-state index contributed by atoms with van der Waals surface area (Å²) in [4.78, 5) is 24.4. The summed E-state index contributed by atoms with van der Waals surface area (Å²) >= 11 is 0. The van der Waals surface area contributed by atoms with Crippen molar-refractivity contribution in [2.45, 2.75) is 26.3 Å². The Hall–Kier alpha value is -1.72. The molecule has 0 amide bonds. The highest BCUT2D eigenvalue weighted by Gasteiger charge is 2.20. The number of nitrogens with two attached hydrogens (primary N) is 1. The molecule has 1 unspecified atom stereocenters. The fourth-order valence-electron chi connectivity index (χ4n) is 1.29. The van der Waals surface area contributed by atoms with Gasteiger partial charge in [0.25, 0.3) is 0 Å². The molecule has 0 saturated carbocycles. The van der Waals surface area contributed by atoms with Crippen molar-refractivity contribution in [1.82, 2.24) is 9.55 Å². The normalized spacial score (nSPS) is 12.7. The highest BCUT2D eigenvalue weighted by molar-refractivity contribution is 5.90. The molecular weight excluding hydrogens is 186 g/mol. The van der Waals surface area contributed by atoms with Crippen molar-refractivity contribution in [1.29, 1.82) is 0 Å². The van der Waals surface area contributed by atoms with Crippen LogP contribution in [0, 0.1) is 0 Å². The molecule has 0 saturated heterocycles. The van der Waals surface area contributed by atoms with Gasteiger partial charge in [-0.2, -0.15) is 0 Å². The number of rotatable bonds is 3. The molecule has 1 heterocycles. The Morgan fingerprint density at radius 2 is 2.29 bits per heavy atom. The minimum atomic E-state index is -1.19. The third-order valence-corrected chi connectivity index (χ3v) is 2.19. The van der Waals surface area contributed by atoms with Crippen LogP contribution >= 0.6 is 0 Å². The highest BCUT2D eigenvalue weighted by Crippen LogP contribution is 2.14. The average Bonchev–Trinajstić information content (AvgIpc) is 2.39. The van der Waals surface area contributed by atoms with Crippen molar-refractivity contribution < 1.29 is 9.90 Å². The zero-order valence-electron chi connectivity index (χ0n) is 8.07. The Bertz CT molecular complexity index is 404. The van der Waals surface area contributed by atoms with Gasteiger partial charge in [0, 0.05) is 6.04 Å². The molecule has 6 nitrogen and oxygen atoms in total. The van der Waals surface area contributed by atoms with Gasteiger partial charge >= 0.3 is 11.7 Å². The van der Waals surface area contributed by atoms with Gasteiger partial charge in [0.1, 0.15) is 5.82 Å². The molecule has 6 heteroatoms. The van der Waals surface area contributed by atoms with Crippen molar-refractivity contribution in [2.24, 2.45) is 0 Å². The maximum atomic E-state index is 11.3. The van der Waals surface area contributed by atoms with E-state index in [0.717, 1.165) is 4.57 Å². The number of anilines is 1. The Labute approximate surface area is 80.4 Å². The number of nitrogen functional groups attached to an aromatic ring is 1. The molecule has 0 bridgehead atoms. The number of hydrogen-bond acceptors (Lipinski definition) is 3. The smallest absolute Gasteiger partial charge is 0.356 e. The summed E-state index contributed by atoms with van der Waals surface area (Å²) in [6.45, 7) is 3.63. The molecule has 1 aromatic heterocycles. The van der Waals surface area contributed by atoms with E-state index in [1.54, 1.807) is 6.92 Å². The van der Waals surface area contributed by atoms with E-state index in [9.17, 15) is 9.59 Å². The van der Waals surface area contributed by atoms with Crippen molar-refractivity contribution in [2.75, 3.05) is 5.73 Å². The number of nitrogens with zero attached hydrogens (tertiary/aromatic N) is 1. The monoisotopic (exact) mass is 199 g/mol. The number of hydrogen-bond donors (Lipinski definition) is 3. The predicted octanol–water partition coefficient (Wildman–Crippen LogP) is 0.428. The zero-order valence-corrected chi connectivity index (χ0v) is 8.07. The minimum Gasteiger partial charge on any atom is -0.476 e. The van der Waals surface area contributed by atoms with Crippen LogP contribution < -0.4 is 11.4 Å². The minimum absolute atomic E-state index is 0.0946. The van der Waals surface area contributed by atoms with Gasteiger partial charge in [0.05, 0.1) is 0 Å². The lowest BCUT2D eigenvalue weighted by molar-refractivity contribution is 0.0683. The molecule has 0 aliphatic heterocycles. The van der Waals surface area contributed by atoms with E-state index in [2.05, 4.69) is 4.98 Å². The first-order valence-electron chi connectivity index (χ1n) is 4.32. The van der Waals surface area contributed by atoms with Gasteiger partial charge in [0.2, 0.25) is 0 Å². The number of aromatic nitrogens is 2. The Morgan fingerprint density at radius 1 is 1.71 bits per heavy atom. The van der Waals surface area contributed by atoms with E-state index < -0.39 is 11.7 Å². The largest absolute Gasteiger partial charge is 0.476 e. The van der Waals surface area contributed by atoms with E-state index in [1.165, 1.54) is 0 Å². The molecular formula is C8H13N3O3. The number of carbonyl (C=O) groups is 1. The van der Waals surface area contributed by atoms with Gasteiger partial charge in [-0.3, -0.25) is 9.55 Å². The molecule has 0 aliphatic rings. The zero-order chi connectivity index (χ0) is 10.9. The number of aromatic amines is 1. The summed E-state index contributed by atoms with van der Waals surface area (Å²) in [7, 11) is 0. The molecule has 1 rings (SSSR count). The maximum absolute atomic E-state index is 11.3. The van der Waals surface area contributed by atoms with Crippen LogP contribution in [0.3, 0.4) is 0 Å². The fraction of sp³-hybridized carbons (Fsp3) is 0.500.